The molecule has 0 saturated heterocycles. The van der Waals surface area contributed by atoms with Crippen molar-refractivity contribution in [1.29, 1.82) is 0 Å². The highest BCUT2D eigenvalue weighted by atomic mass is 127. The fourth-order valence-electron chi connectivity index (χ4n) is 4.39. The van der Waals surface area contributed by atoms with Crippen molar-refractivity contribution in [3.8, 4) is 5.75 Å². The first kappa shape index (κ1) is 23.3. The Morgan fingerprint density at radius 2 is 1.84 bits per heavy atom. The number of rotatable bonds is 6. The van der Waals surface area contributed by atoms with Crippen LogP contribution in [0.3, 0.4) is 0 Å². The molecule has 0 bridgehead atoms. The van der Waals surface area contributed by atoms with Crippen LogP contribution in [0.25, 0.3) is 5.65 Å². The molecule has 1 aliphatic rings. The number of fused-ring (bicyclic) bond motifs is 1. The smallest absolute Gasteiger partial charge is 0.191 e. The van der Waals surface area contributed by atoms with Crippen LogP contribution in [-0.2, 0) is 12.0 Å². The molecular formula is C23H31IN6O. The number of ether oxygens (including phenoxy) is 1. The summed E-state index contributed by atoms with van der Waals surface area (Å²) in [6, 6.07) is 14.4. The van der Waals surface area contributed by atoms with Crippen LogP contribution < -0.4 is 15.4 Å². The van der Waals surface area contributed by atoms with Gasteiger partial charge in [0.25, 0.3) is 0 Å². The minimum Gasteiger partial charge on any atom is -0.497 e. The molecule has 1 aliphatic carbocycles. The molecule has 0 spiro atoms. The fourth-order valence-corrected chi connectivity index (χ4v) is 4.39. The number of halogens is 1. The fraction of sp³-hybridized carbons (Fsp3) is 0.435. The van der Waals surface area contributed by atoms with Crippen LogP contribution in [-0.4, -0.2) is 41.3 Å². The number of nitrogens with zero attached hydrogens (tertiary/aromatic N) is 4. The van der Waals surface area contributed by atoms with Gasteiger partial charge in [-0.05, 0) is 42.7 Å². The maximum absolute atomic E-state index is 5.35. The molecule has 0 aliphatic heterocycles. The quantitative estimate of drug-likeness (QED) is 0.285. The summed E-state index contributed by atoms with van der Waals surface area (Å²) < 4.78 is 7.33. The molecule has 7 nitrogen and oxygen atoms in total. The van der Waals surface area contributed by atoms with Gasteiger partial charge in [-0.3, -0.25) is 9.39 Å². The monoisotopic (exact) mass is 534 g/mol. The molecule has 2 aromatic heterocycles. The van der Waals surface area contributed by atoms with Crippen molar-refractivity contribution in [1.82, 2.24) is 25.2 Å². The van der Waals surface area contributed by atoms with Crippen LogP contribution in [0.4, 0.5) is 0 Å². The van der Waals surface area contributed by atoms with Gasteiger partial charge in [-0.25, -0.2) is 0 Å². The molecule has 2 N–H and O–H groups in total. The Hall–Kier alpha value is -2.36. The van der Waals surface area contributed by atoms with E-state index in [2.05, 4.69) is 50.1 Å². The topological polar surface area (TPSA) is 75.8 Å². The van der Waals surface area contributed by atoms with Gasteiger partial charge in [0.2, 0.25) is 0 Å². The molecule has 1 saturated carbocycles. The van der Waals surface area contributed by atoms with Gasteiger partial charge in [-0.15, -0.1) is 34.2 Å². The molecule has 166 valence electrons. The van der Waals surface area contributed by atoms with Crippen LogP contribution >= 0.6 is 24.0 Å². The van der Waals surface area contributed by atoms with Crippen LogP contribution in [0.2, 0.25) is 0 Å². The molecule has 2 heterocycles. The van der Waals surface area contributed by atoms with Crippen molar-refractivity contribution in [3.05, 3.63) is 60.0 Å². The summed E-state index contributed by atoms with van der Waals surface area (Å²) in [5.74, 6) is 2.54. The molecule has 3 aromatic rings. The van der Waals surface area contributed by atoms with Crippen LogP contribution in [0.5, 0.6) is 5.75 Å². The Bertz CT molecular complexity index is 995. The molecule has 1 fully saturated rings. The largest absolute Gasteiger partial charge is 0.497 e. The number of hydrogen-bond donors (Lipinski definition) is 2. The zero-order valence-corrected chi connectivity index (χ0v) is 20.5. The number of hydrogen-bond acceptors (Lipinski definition) is 4. The average molecular weight is 534 g/mol. The predicted octanol–water partition coefficient (Wildman–Crippen LogP) is 3.92. The highest BCUT2D eigenvalue weighted by Gasteiger charge is 2.34. The first-order chi connectivity index (χ1) is 14.7. The van der Waals surface area contributed by atoms with Gasteiger partial charge < -0.3 is 15.4 Å². The molecule has 0 radical (unpaired) electrons. The van der Waals surface area contributed by atoms with Crippen molar-refractivity contribution in [2.24, 2.45) is 4.99 Å². The van der Waals surface area contributed by atoms with Crippen LogP contribution in [0, 0.1) is 0 Å². The van der Waals surface area contributed by atoms with E-state index in [-0.39, 0.29) is 29.4 Å². The van der Waals surface area contributed by atoms with Crippen molar-refractivity contribution in [2.75, 3.05) is 20.7 Å². The van der Waals surface area contributed by atoms with E-state index in [0.717, 1.165) is 29.7 Å². The molecule has 8 heteroatoms. The Labute approximate surface area is 200 Å². The maximum Gasteiger partial charge on any atom is 0.191 e. The molecular weight excluding hydrogens is 503 g/mol. The number of nitrogens with one attached hydrogen (secondary N) is 2. The lowest BCUT2D eigenvalue weighted by atomic mass is 9.69. The molecule has 0 amide bonds. The van der Waals surface area contributed by atoms with E-state index in [1.807, 2.05) is 28.8 Å². The molecule has 0 atom stereocenters. The van der Waals surface area contributed by atoms with E-state index in [4.69, 9.17) is 4.74 Å². The van der Waals surface area contributed by atoms with Gasteiger partial charge in [-0.1, -0.05) is 37.5 Å². The second-order valence-corrected chi connectivity index (χ2v) is 7.89. The number of aliphatic imine (C=N–C) groups is 1. The number of benzene rings is 1. The van der Waals surface area contributed by atoms with Crippen molar-refractivity contribution in [3.63, 3.8) is 0 Å². The Morgan fingerprint density at radius 1 is 1.06 bits per heavy atom. The summed E-state index contributed by atoms with van der Waals surface area (Å²) in [6.45, 7) is 1.40. The first-order valence-electron chi connectivity index (χ1n) is 10.6. The first-order valence-corrected chi connectivity index (χ1v) is 10.6. The van der Waals surface area contributed by atoms with E-state index < -0.39 is 0 Å². The molecule has 0 unspecified atom stereocenters. The van der Waals surface area contributed by atoms with Gasteiger partial charge in [0.05, 0.1) is 13.7 Å². The Morgan fingerprint density at radius 3 is 2.55 bits per heavy atom. The van der Waals surface area contributed by atoms with Gasteiger partial charge in [0, 0.05) is 25.2 Å². The van der Waals surface area contributed by atoms with Gasteiger partial charge in [-0.2, -0.15) is 0 Å². The van der Waals surface area contributed by atoms with E-state index in [1.165, 1.54) is 37.7 Å². The summed E-state index contributed by atoms with van der Waals surface area (Å²) >= 11 is 0. The summed E-state index contributed by atoms with van der Waals surface area (Å²) in [5, 5.41) is 15.4. The molecule has 4 rings (SSSR count). The lowest BCUT2D eigenvalue weighted by Crippen LogP contribution is -2.46. The third-order valence-corrected chi connectivity index (χ3v) is 6.13. The summed E-state index contributed by atoms with van der Waals surface area (Å²) in [7, 11) is 3.51. The average Bonchev–Trinajstić information content (AvgIpc) is 3.23. The normalized spacial score (nSPS) is 15.9. The number of aromatic nitrogens is 3. The zero-order valence-electron chi connectivity index (χ0n) is 18.2. The minimum absolute atomic E-state index is 0. The maximum atomic E-state index is 5.35. The third kappa shape index (κ3) is 5.28. The van der Waals surface area contributed by atoms with Crippen LogP contribution in [0.15, 0.2) is 53.7 Å². The number of guanidine groups is 1. The molecule has 31 heavy (non-hydrogen) atoms. The van der Waals surface area contributed by atoms with E-state index in [0.29, 0.717) is 6.54 Å². The number of methoxy groups -OCH3 is 1. The minimum atomic E-state index is 0. The van der Waals surface area contributed by atoms with Crippen molar-refractivity contribution < 1.29 is 4.74 Å². The van der Waals surface area contributed by atoms with Gasteiger partial charge in [0.1, 0.15) is 5.75 Å². The Balaban J connectivity index is 0.00000272. The number of pyridine rings is 1. The Kier molecular flexibility index (Phi) is 8.11. The van der Waals surface area contributed by atoms with Gasteiger partial charge >= 0.3 is 0 Å². The van der Waals surface area contributed by atoms with E-state index in [1.54, 1.807) is 14.2 Å². The predicted molar refractivity (Wildman–Crippen MR) is 134 cm³/mol. The standard InChI is InChI=1S/C23H30N6O.HI/c1-24-22(25-16-21-28-27-20-8-4-7-15-29(20)21)26-17-23(13-5-3-6-14-23)18-9-11-19(30-2)12-10-18;/h4,7-12,15H,3,5-6,13-14,16-17H2,1-2H3,(H2,24,25,26);1H. The van der Waals surface area contributed by atoms with Crippen molar-refractivity contribution >= 4 is 35.6 Å². The SMILES string of the molecule is CN=C(NCc1nnc2ccccn12)NCC1(c2ccc(OC)cc2)CCCCC1.I. The van der Waals surface area contributed by atoms with E-state index in [9.17, 15) is 0 Å². The summed E-state index contributed by atoms with van der Waals surface area (Å²) in [5.41, 5.74) is 2.33. The third-order valence-electron chi connectivity index (χ3n) is 6.13. The van der Waals surface area contributed by atoms with Crippen molar-refractivity contribution in [2.45, 2.75) is 44.1 Å². The lowest BCUT2D eigenvalue weighted by molar-refractivity contribution is 0.291. The van der Waals surface area contributed by atoms with Crippen LogP contribution in [0.1, 0.15) is 43.5 Å². The highest BCUT2D eigenvalue weighted by molar-refractivity contribution is 14.0. The second kappa shape index (κ2) is 10.8. The summed E-state index contributed by atoms with van der Waals surface area (Å²) in [4.78, 5) is 4.42. The lowest BCUT2D eigenvalue weighted by Gasteiger charge is -2.38. The second-order valence-electron chi connectivity index (χ2n) is 7.89. The summed E-state index contributed by atoms with van der Waals surface area (Å²) in [6.07, 6.45) is 8.15. The highest BCUT2D eigenvalue weighted by Crippen LogP contribution is 2.39. The van der Waals surface area contributed by atoms with E-state index >= 15 is 0 Å². The zero-order chi connectivity index (χ0) is 20.8. The molecule has 1 aromatic carbocycles. The van der Waals surface area contributed by atoms with Gasteiger partial charge in [0.15, 0.2) is 17.4 Å².